The van der Waals surface area contributed by atoms with E-state index < -0.39 is 0 Å². The van der Waals surface area contributed by atoms with Crippen LogP contribution in [0.5, 0.6) is 0 Å². The van der Waals surface area contributed by atoms with Crippen molar-refractivity contribution in [3.63, 3.8) is 0 Å². The summed E-state index contributed by atoms with van der Waals surface area (Å²) in [5.41, 5.74) is 0. The summed E-state index contributed by atoms with van der Waals surface area (Å²) in [4.78, 5) is 10.8. The van der Waals surface area contributed by atoms with Gasteiger partial charge in [-0.1, -0.05) is 6.92 Å². The van der Waals surface area contributed by atoms with E-state index in [9.17, 15) is 4.79 Å². The Kier molecular flexibility index (Phi) is 2.05. The third kappa shape index (κ3) is 1.42. The fourth-order valence-electron chi connectivity index (χ4n) is 1.04. The van der Waals surface area contributed by atoms with Crippen molar-refractivity contribution in [2.24, 2.45) is 0 Å². The third-order valence-electron chi connectivity index (χ3n) is 1.50. The summed E-state index contributed by atoms with van der Waals surface area (Å²) in [5.74, 6) is 0.150. The maximum Gasteiger partial charge on any atom is 0.237 e. The topological polar surface area (TPSA) is 41.1 Å². The van der Waals surface area contributed by atoms with Gasteiger partial charge in [0.05, 0.1) is 6.04 Å². The van der Waals surface area contributed by atoms with E-state index in [0.29, 0.717) is 0 Å². The van der Waals surface area contributed by atoms with Crippen molar-refractivity contribution in [1.29, 1.82) is 0 Å². The molecule has 0 aromatic carbocycles. The van der Waals surface area contributed by atoms with Gasteiger partial charge in [0.1, 0.15) is 0 Å². The fourth-order valence-corrected chi connectivity index (χ4v) is 1.04. The first-order valence-electron chi connectivity index (χ1n) is 3.35. The molecule has 2 N–H and O–H groups in total. The molecule has 0 spiro atoms. The van der Waals surface area contributed by atoms with E-state index in [1.54, 1.807) is 0 Å². The summed E-state index contributed by atoms with van der Waals surface area (Å²) in [5, 5.41) is 5.84. The van der Waals surface area contributed by atoms with Gasteiger partial charge in [0, 0.05) is 6.54 Å². The van der Waals surface area contributed by atoms with Crippen molar-refractivity contribution < 1.29 is 4.79 Å². The van der Waals surface area contributed by atoms with Crippen molar-refractivity contribution in [2.75, 3.05) is 13.1 Å². The smallest absolute Gasteiger partial charge is 0.237 e. The molecule has 0 aromatic rings. The van der Waals surface area contributed by atoms with Crippen LogP contribution < -0.4 is 10.6 Å². The number of carbonyl (C=O) groups excluding carboxylic acids is 1. The Morgan fingerprint density at radius 3 is 3.11 bits per heavy atom. The molecular formula is C6H12N2O. The maximum atomic E-state index is 10.8. The maximum absolute atomic E-state index is 10.8. The molecule has 0 aromatic heterocycles. The summed E-state index contributed by atoms with van der Waals surface area (Å²) >= 11 is 0. The van der Waals surface area contributed by atoms with Crippen LogP contribution in [0, 0.1) is 0 Å². The first-order chi connectivity index (χ1) is 4.34. The van der Waals surface area contributed by atoms with Gasteiger partial charge < -0.3 is 10.6 Å². The number of carbonyl (C=O) groups is 1. The highest BCUT2D eigenvalue weighted by Crippen LogP contribution is 1.97. The van der Waals surface area contributed by atoms with Gasteiger partial charge in [-0.3, -0.25) is 4.79 Å². The summed E-state index contributed by atoms with van der Waals surface area (Å²) in [6.45, 7) is 3.71. The molecule has 1 rings (SSSR count). The highest BCUT2D eigenvalue weighted by atomic mass is 16.2. The van der Waals surface area contributed by atoms with Crippen molar-refractivity contribution in [3.8, 4) is 0 Å². The SMILES string of the molecule is CCNC1CCNC1=O. The Morgan fingerprint density at radius 2 is 2.67 bits per heavy atom. The molecule has 1 aliphatic heterocycles. The van der Waals surface area contributed by atoms with E-state index in [2.05, 4.69) is 10.6 Å². The molecule has 52 valence electrons. The second-order valence-corrected chi connectivity index (χ2v) is 2.19. The lowest BCUT2D eigenvalue weighted by Crippen LogP contribution is -2.35. The minimum atomic E-state index is 0.0787. The molecule has 1 atom stereocenters. The highest BCUT2D eigenvalue weighted by molar-refractivity contribution is 5.83. The lowest BCUT2D eigenvalue weighted by Gasteiger charge is -2.04. The predicted molar refractivity (Wildman–Crippen MR) is 35.1 cm³/mol. The minimum absolute atomic E-state index is 0.0787. The number of nitrogens with one attached hydrogen (secondary N) is 2. The average molecular weight is 128 g/mol. The first-order valence-corrected chi connectivity index (χ1v) is 3.35. The Labute approximate surface area is 54.8 Å². The van der Waals surface area contributed by atoms with Crippen LogP contribution in [0.3, 0.4) is 0 Å². The van der Waals surface area contributed by atoms with Crippen LogP contribution in [-0.2, 0) is 4.79 Å². The van der Waals surface area contributed by atoms with Gasteiger partial charge in [-0.25, -0.2) is 0 Å². The molecule has 1 heterocycles. The second-order valence-electron chi connectivity index (χ2n) is 2.19. The molecule has 1 fully saturated rings. The van der Waals surface area contributed by atoms with E-state index in [-0.39, 0.29) is 11.9 Å². The quantitative estimate of drug-likeness (QED) is 0.525. The molecule has 0 aliphatic carbocycles. The molecule has 0 radical (unpaired) electrons. The van der Waals surface area contributed by atoms with Gasteiger partial charge in [-0.05, 0) is 13.0 Å². The summed E-state index contributed by atoms with van der Waals surface area (Å²) < 4.78 is 0. The Balaban J connectivity index is 2.31. The van der Waals surface area contributed by atoms with E-state index >= 15 is 0 Å². The van der Waals surface area contributed by atoms with E-state index in [4.69, 9.17) is 0 Å². The first kappa shape index (κ1) is 6.55. The molecule has 0 bridgehead atoms. The third-order valence-corrected chi connectivity index (χ3v) is 1.50. The predicted octanol–water partition coefficient (Wildman–Crippen LogP) is -0.516. The Morgan fingerprint density at radius 1 is 1.89 bits per heavy atom. The lowest BCUT2D eigenvalue weighted by atomic mass is 10.2. The molecule has 1 amide bonds. The standard InChI is InChI=1S/C6H12N2O/c1-2-7-5-3-4-8-6(5)9/h5,7H,2-4H2,1H3,(H,8,9). The largest absolute Gasteiger partial charge is 0.355 e. The molecule has 1 aliphatic rings. The van der Waals surface area contributed by atoms with Crippen LogP contribution in [0.4, 0.5) is 0 Å². The van der Waals surface area contributed by atoms with Gasteiger partial charge >= 0.3 is 0 Å². The number of amides is 1. The monoisotopic (exact) mass is 128 g/mol. The number of hydrogen-bond acceptors (Lipinski definition) is 2. The summed E-state index contributed by atoms with van der Waals surface area (Å²) in [6.07, 6.45) is 0.937. The van der Waals surface area contributed by atoms with Crippen molar-refractivity contribution in [3.05, 3.63) is 0 Å². The average Bonchev–Trinajstić information content (AvgIpc) is 2.18. The van der Waals surface area contributed by atoms with Crippen LogP contribution in [-0.4, -0.2) is 25.0 Å². The Bertz CT molecular complexity index is 114. The van der Waals surface area contributed by atoms with E-state index in [0.717, 1.165) is 19.5 Å². The molecule has 9 heavy (non-hydrogen) atoms. The van der Waals surface area contributed by atoms with Crippen molar-refractivity contribution in [1.82, 2.24) is 10.6 Å². The molecule has 3 heteroatoms. The van der Waals surface area contributed by atoms with Crippen molar-refractivity contribution in [2.45, 2.75) is 19.4 Å². The van der Waals surface area contributed by atoms with Gasteiger partial charge in [0.2, 0.25) is 5.91 Å². The summed E-state index contributed by atoms with van der Waals surface area (Å²) in [6, 6.07) is 0.0787. The molecule has 3 nitrogen and oxygen atoms in total. The van der Waals surface area contributed by atoms with Crippen LogP contribution in [0.1, 0.15) is 13.3 Å². The van der Waals surface area contributed by atoms with Gasteiger partial charge in [-0.2, -0.15) is 0 Å². The molecule has 1 unspecified atom stereocenters. The van der Waals surface area contributed by atoms with Crippen LogP contribution in [0.2, 0.25) is 0 Å². The van der Waals surface area contributed by atoms with E-state index in [1.807, 2.05) is 6.92 Å². The van der Waals surface area contributed by atoms with Crippen LogP contribution in [0.25, 0.3) is 0 Å². The number of likely N-dealkylation sites (N-methyl/N-ethyl adjacent to an activating group) is 1. The fraction of sp³-hybridized carbons (Fsp3) is 0.833. The molecule has 0 saturated carbocycles. The van der Waals surface area contributed by atoms with Gasteiger partial charge in [0.15, 0.2) is 0 Å². The number of rotatable bonds is 2. The lowest BCUT2D eigenvalue weighted by molar-refractivity contribution is -0.120. The summed E-state index contributed by atoms with van der Waals surface area (Å²) in [7, 11) is 0. The number of hydrogen-bond donors (Lipinski definition) is 2. The Hall–Kier alpha value is -0.570. The molecular weight excluding hydrogens is 116 g/mol. The zero-order valence-corrected chi connectivity index (χ0v) is 5.61. The van der Waals surface area contributed by atoms with Gasteiger partial charge in [0.25, 0.3) is 0 Å². The zero-order valence-electron chi connectivity index (χ0n) is 5.61. The van der Waals surface area contributed by atoms with Crippen LogP contribution >= 0.6 is 0 Å². The normalized spacial score (nSPS) is 26.3. The minimum Gasteiger partial charge on any atom is -0.355 e. The zero-order chi connectivity index (χ0) is 6.69. The second kappa shape index (κ2) is 2.82. The van der Waals surface area contributed by atoms with Crippen LogP contribution in [0.15, 0.2) is 0 Å². The van der Waals surface area contributed by atoms with E-state index in [1.165, 1.54) is 0 Å². The van der Waals surface area contributed by atoms with Gasteiger partial charge in [-0.15, -0.1) is 0 Å². The highest BCUT2D eigenvalue weighted by Gasteiger charge is 2.21. The molecule has 1 saturated heterocycles. The van der Waals surface area contributed by atoms with Crippen molar-refractivity contribution >= 4 is 5.91 Å².